The Kier molecular flexibility index (Phi) is 4.95. The zero-order valence-electron chi connectivity index (χ0n) is 10.9. The molecule has 2 aromatic carbocycles. The number of benzene rings is 2. The number of halogens is 2. The first kappa shape index (κ1) is 15.1. The molecule has 0 amide bonds. The quantitative estimate of drug-likeness (QED) is 0.844. The van der Waals surface area contributed by atoms with Gasteiger partial charge >= 0.3 is 5.97 Å². The van der Waals surface area contributed by atoms with Crippen molar-refractivity contribution in [1.82, 2.24) is 0 Å². The van der Waals surface area contributed by atoms with Crippen LogP contribution in [0.1, 0.15) is 11.1 Å². The number of carboxylic acids is 1. The molecule has 2 rings (SSSR count). The van der Waals surface area contributed by atoms with Gasteiger partial charge in [-0.2, -0.15) is 0 Å². The summed E-state index contributed by atoms with van der Waals surface area (Å²) in [4.78, 5) is 10.4. The van der Waals surface area contributed by atoms with Crippen LogP contribution < -0.4 is 4.74 Å². The average molecular weight is 307 g/mol. The van der Waals surface area contributed by atoms with Crippen LogP contribution in [0.25, 0.3) is 6.08 Å². The van der Waals surface area contributed by atoms with E-state index < -0.39 is 11.8 Å². The summed E-state index contributed by atoms with van der Waals surface area (Å²) in [6.07, 6.45) is 2.52. The molecule has 0 heterocycles. The van der Waals surface area contributed by atoms with Crippen LogP contribution in [0.15, 0.2) is 48.5 Å². The molecule has 3 nitrogen and oxygen atoms in total. The maximum Gasteiger partial charge on any atom is 0.328 e. The molecule has 2 aromatic rings. The largest absolute Gasteiger partial charge is 0.489 e. The number of carbonyl (C=O) groups is 1. The van der Waals surface area contributed by atoms with Crippen molar-refractivity contribution >= 4 is 23.6 Å². The number of carboxylic acid groups (broad SMARTS) is 1. The van der Waals surface area contributed by atoms with E-state index in [0.717, 1.165) is 11.6 Å². The molecule has 0 aliphatic heterocycles. The van der Waals surface area contributed by atoms with Crippen molar-refractivity contribution in [3.8, 4) is 5.75 Å². The Bertz CT molecular complexity index is 645. The second-order valence-corrected chi connectivity index (χ2v) is 4.64. The first-order chi connectivity index (χ1) is 10.1. The summed E-state index contributed by atoms with van der Waals surface area (Å²) in [7, 11) is 0. The maximum absolute atomic E-state index is 13.6. The molecule has 0 aliphatic rings. The average Bonchev–Trinajstić information content (AvgIpc) is 2.46. The second kappa shape index (κ2) is 6.90. The number of hydrogen-bond acceptors (Lipinski definition) is 2. The van der Waals surface area contributed by atoms with E-state index in [1.165, 1.54) is 18.2 Å². The van der Waals surface area contributed by atoms with Gasteiger partial charge in [-0.25, -0.2) is 9.18 Å². The van der Waals surface area contributed by atoms with Crippen molar-refractivity contribution in [3.05, 3.63) is 70.5 Å². The molecule has 5 heteroatoms. The van der Waals surface area contributed by atoms with Gasteiger partial charge in [-0.1, -0.05) is 29.8 Å². The van der Waals surface area contributed by atoms with Crippen LogP contribution in [0.2, 0.25) is 5.02 Å². The lowest BCUT2D eigenvalue weighted by molar-refractivity contribution is -0.131. The van der Waals surface area contributed by atoms with E-state index in [1.54, 1.807) is 30.3 Å². The minimum absolute atomic E-state index is 0.0236. The molecular formula is C16H12ClFO3. The molecule has 0 unspecified atom stereocenters. The summed E-state index contributed by atoms with van der Waals surface area (Å²) in [5.41, 5.74) is 1.03. The van der Waals surface area contributed by atoms with Crippen LogP contribution in [0.5, 0.6) is 5.75 Å². The highest BCUT2D eigenvalue weighted by molar-refractivity contribution is 6.31. The van der Waals surface area contributed by atoms with Gasteiger partial charge in [0.1, 0.15) is 18.2 Å². The number of aliphatic carboxylic acids is 1. The summed E-state index contributed by atoms with van der Waals surface area (Å²) >= 11 is 5.91. The molecule has 0 saturated heterocycles. The van der Waals surface area contributed by atoms with E-state index in [4.69, 9.17) is 21.4 Å². The smallest absolute Gasteiger partial charge is 0.328 e. The first-order valence-corrected chi connectivity index (χ1v) is 6.51. The fourth-order valence-corrected chi connectivity index (χ4v) is 1.89. The van der Waals surface area contributed by atoms with Gasteiger partial charge in [-0.15, -0.1) is 0 Å². The Morgan fingerprint density at radius 3 is 2.57 bits per heavy atom. The number of hydrogen-bond donors (Lipinski definition) is 1. The Morgan fingerprint density at radius 2 is 1.95 bits per heavy atom. The first-order valence-electron chi connectivity index (χ1n) is 6.13. The van der Waals surface area contributed by atoms with Crippen LogP contribution in [-0.4, -0.2) is 11.1 Å². The Balaban J connectivity index is 2.02. The van der Waals surface area contributed by atoms with E-state index in [1.807, 2.05) is 0 Å². The zero-order chi connectivity index (χ0) is 15.2. The monoisotopic (exact) mass is 306 g/mol. The summed E-state index contributed by atoms with van der Waals surface area (Å²) < 4.78 is 19.0. The highest BCUT2D eigenvalue weighted by Gasteiger charge is 2.07. The Morgan fingerprint density at radius 1 is 1.24 bits per heavy atom. The van der Waals surface area contributed by atoms with E-state index in [9.17, 15) is 9.18 Å². The second-order valence-electron chi connectivity index (χ2n) is 4.23. The third-order valence-electron chi connectivity index (χ3n) is 2.74. The number of ether oxygens (including phenoxy) is 1. The summed E-state index contributed by atoms with van der Waals surface area (Å²) in [6, 6.07) is 11.2. The van der Waals surface area contributed by atoms with Gasteiger partial charge < -0.3 is 9.84 Å². The molecule has 0 atom stereocenters. The molecular weight excluding hydrogens is 295 g/mol. The van der Waals surface area contributed by atoms with Crippen molar-refractivity contribution in [2.75, 3.05) is 0 Å². The molecule has 0 spiro atoms. The van der Waals surface area contributed by atoms with Crippen LogP contribution in [0.3, 0.4) is 0 Å². The predicted octanol–water partition coefficient (Wildman–Crippen LogP) is 4.16. The molecule has 0 fully saturated rings. The van der Waals surface area contributed by atoms with Crippen LogP contribution >= 0.6 is 11.6 Å². The van der Waals surface area contributed by atoms with Gasteiger partial charge in [-0.3, -0.25) is 0 Å². The third-order valence-corrected chi connectivity index (χ3v) is 3.10. The SMILES string of the molecule is O=C(O)/C=C\c1ccc(OCc2c(F)cccc2Cl)cc1. The summed E-state index contributed by atoms with van der Waals surface area (Å²) in [6.45, 7) is 0.0236. The van der Waals surface area contributed by atoms with E-state index in [2.05, 4.69) is 0 Å². The lowest BCUT2D eigenvalue weighted by Crippen LogP contribution is -1.99. The topological polar surface area (TPSA) is 46.5 Å². The van der Waals surface area contributed by atoms with Crippen LogP contribution in [0, 0.1) is 5.82 Å². The molecule has 1 N–H and O–H groups in total. The fourth-order valence-electron chi connectivity index (χ4n) is 1.67. The minimum Gasteiger partial charge on any atom is -0.489 e. The molecule has 0 saturated carbocycles. The van der Waals surface area contributed by atoms with Gasteiger partial charge in [0, 0.05) is 11.6 Å². The minimum atomic E-state index is -1.01. The Hall–Kier alpha value is -2.33. The molecule has 108 valence electrons. The van der Waals surface area contributed by atoms with Gasteiger partial charge in [-0.05, 0) is 35.9 Å². The maximum atomic E-state index is 13.6. The summed E-state index contributed by atoms with van der Waals surface area (Å²) in [5.74, 6) is -0.880. The molecule has 21 heavy (non-hydrogen) atoms. The lowest BCUT2D eigenvalue weighted by Gasteiger charge is -2.08. The normalized spacial score (nSPS) is 10.8. The van der Waals surface area contributed by atoms with Crippen molar-refractivity contribution in [3.63, 3.8) is 0 Å². The highest BCUT2D eigenvalue weighted by Crippen LogP contribution is 2.21. The van der Waals surface area contributed by atoms with E-state index in [0.29, 0.717) is 16.3 Å². The van der Waals surface area contributed by atoms with Crippen molar-refractivity contribution < 1.29 is 19.0 Å². The van der Waals surface area contributed by atoms with Gasteiger partial charge in [0.25, 0.3) is 0 Å². The van der Waals surface area contributed by atoms with Crippen LogP contribution in [-0.2, 0) is 11.4 Å². The molecule has 0 aromatic heterocycles. The van der Waals surface area contributed by atoms with Crippen molar-refractivity contribution in [2.24, 2.45) is 0 Å². The van der Waals surface area contributed by atoms with Gasteiger partial charge in [0.15, 0.2) is 0 Å². The molecule has 0 aliphatic carbocycles. The van der Waals surface area contributed by atoms with Crippen molar-refractivity contribution in [2.45, 2.75) is 6.61 Å². The molecule has 0 radical (unpaired) electrons. The van der Waals surface area contributed by atoms with Gasteiger partial charge in [0.2, 0.25) is 0 Å². The standard InChI is InChI=1S/C16H12ClFO3/c17-14-2-1-3-15(18)13(14)10-21-12-7-4-11(5-8-12)6-9-16(19)20/h1-9H,10H2,(H,19,20)/b9-6-. The van der Waals surface area contributed by atoms with E-state index >= 15 is 0 Å². The van der Waals surface area contributed by atoms with Crippen molar-refractivity contribution in [1.29, 1.82) is 0 Å². The zero-order valence-corrected chi connectivity index (χ0v) is 11.7. The Labute approximate surface area is 126 Å². The third kappa shape index (κ3) is 4.33. The predicted molar refractivity (Wildman–Crippen MR) is 78.9 cm³/mol. The lowest BCUT2D eigenvalue weighted by atomic mass is 10.2. The number of rotatable bonds is 5. The van der Waals surface area contributed by atoms with Gasteiger partial charge in [0.05, 0.1) is 5.02 Å². The van der Waals surface area contributed by atoms with Crippen LogP contribution in [0.4, 0.5) is 4.39 Å². The highest BCUT2D eigenvalue weighted by atomic mass is 35.5. The molecule has 0 bridgehead atoms. The summed E-state index contributed by atoms with van der Waals surface area (Å²) in [5, 5.41) is 8.85. The van der Waals surface area contributed by atoms with E-state index in [-0.39, 0.29) is 6.61 Å². The fraction of sp³-hybridized carbons (Fsp3) is 0.0625.